The van der Waals surface area contributed by atoms with E-state index >= 15 is 0 Å². The lowest BCUT2D eigenvalue weighted by Crippen LogP contribution is -2.13. The van der Waals surface area contributed by atoms with Crippen molar-refractivity contribution >= 4 is 38.5 Å². The van der Waals surface area contributed by atoms with Gasteiger partial charge in [0.2, 0.25) is 21.8 Å². The van der Waals surface area contributed by atoms with E-state index in [0.717, 1.165) is 31.2 Å². The SMILES string of the molecule is CN(C)CCCc1cnc2nc(C3C(=O)Nc4ccc(NS(C)(=O)=O)cc43)oc2c1. The summed E-state index contributed by atoms with van der Waals surface area (Å²) in [6, 6.07) is 6.78. The van der Waals surface area contributed by atoms with Gasteiger partial charge in [0.15, 0.2) is 11.2 Å². The molecule has 0 saturated heterocycles. The van der Waals surface area contributed by atoms with Gasteiger partial charge in [-0.2, -0.15) is 4.98 Å². The third kappa shape index (κ3) is 4.29. The molecule has 1 atom stereocenters. The Morgan fingerprint density at radius 3 is 2.80 bits per heavy atom. The number of carbonyl (C=O) groups excluding carboxylic acids is 1. The Morgan fingerprint density at radius 2 is 2.07 bits per heavy atom. The van der Waals surface area contributed by atoms with Crippen molar-refractivity contribution in [2.75, 3.05) is 36.9 Å². The van der Waals surface area contributed by atoms with E-state index < -0.39 is 15.9 Å². The summed E-state index contributed by atoms with van der Waals surface area (Å²) in [6.45, 7) is 0.975. The number of rotatable bonds is 7. The Labute approximate surface area is 174 Å². The van der Waals surface area contributed by atoms with E-state index in [4.69, 9.17) is 4.42 Å². The van der Waals surface area contributed by atoms with Crippen molar-refractivity contribution in [2.45, 2.75) is 18.8 Å². The van der Waals surface area contributed by atoms with Crippen molar-refractivity contribution in [3.05, 3.63) is 47.5 Å². The second kappa shape index (κ2) is 7.69. The van der Waals surface area contributed by atoms with Crippen LogP contribution in [0.5, 0.6) is 0 Å². The van der Waals surface area contributed by atoms with Crippen LogP contribution in [-0.2, 0) is 21.2 Å². The van der Waals surface area contributed by atoms with Crippen molar-refractivity contribution in [1.29, 1.82) is 0 Å². The maximum atomic E-state index is 12.6. The normalized spacial score (nSPS) is 16.1. The third-order valence-corrected chi connectivity index (χ3v) is 5.43. The Balaban J connectivity index is 1.64. The van der Waals surface area contributed by atoms with Gasteiger partial charge in [-0.25, -0.2) is 13.4 Å². The highest BCUT2D eigenvalue weighted by molar-refractivity contribution is 7.92. The van der Waals surface area contributed by atoms with E-state index in [1.165, 1.54) is 0 Å². The summed E-state index contributed by atoms with van der Waals surface area (Å²) < 4.78 is 31.4. The first-order valence-electron chi connectivity index (χ1n) is 9.52. The second-order valence-corrected chi connectivity index (χ2v) is 9.47. The van der Waals surface area contributed by atoms with E-state index in [2.05, 4.69) is 24.9 Å². The van der Waals surface area contributed by atoms with Crippen LogP contribution >= 0.6 is 0 Å². The number of benzene rings is 1. The number of fused-ring (bicyclic) bond motifs is 2. The summed E-state index contributed by atoms with van der Waals surface area (Å²) >= 11 is 0. The maximum absolute atomic E-state index is 12.6. The van der Waals surface area contributed by atoms with E-state index in [1.54, 1.807) is 24.4 Å². The van der Waals surface area contributed by atoms with Gasteiger partial charge in [0.25, 0.3) is 0 Å². The number of anilines is 2. The number of aryl methyl sites for hydroxylation is 1. The zero-order valence-corrected chi connectivity index (χ0v) is 17.8. The first kappa shape index (κ1) is 20.3. The number of nitrogens with one attached hydrogen (secondary N) is 2. The van der Waals surface area contributed by atoms with Gasteiger partial charge in [-0.15, -0.1) is 0 Å². The molecule has 2 N–H and O–H groups in total. The predicted molar refractivity (Wildman–Crippen MR) is 114 cm³/mol. The fraction of sp³-hybridized carbons (Fsp3) is 0.350. The fourth-order valence-electron chi connectivity index (χ4n) is 3.52. The van der Waals surface area contributed by atoms with Gasteiger partial charge in [0.1, 0.15) is 5.92 Å². The first-order valence-corrected chi connectivity index (χ1v) is 11.4. The molecule has 0 fully saturated rings. The molecule has 158 valence electrons. The molecule has 1 amide bonds. The lowest BCUT2D eigenvalue weighted by molar-refractivity contribution is -0.116. The van der Waals surface area contributed by atoms with Crippen molar-refractivity contribution in [3.8, 4) is 0 Å². The molecule has 1 unspecified atom stereocenters. The lowest BCUT2D eigenvalue weighted by Gasteiger charge is -2.08. The predicted octanol–water partition coefficient (Wildman–Crippen LogP) is 2.17. The van der Waals surface area contributed by atoms with Crippen LogP contribution in [0.2, 0.25) is 0 Å². The summed E-state index contributed by atoms with van der Waals surface area (Å²) in [4.78, 5) is 23.5. The van der Waals surface area contributed by atoms with Gasteiger partial charge in [-0.3, -0.25) is 9.52 Å². The average molecular weight is 430 g/mol. The monoisotopic (exact) mass is 429 g/mol. The van der Waals surface area contributed by atoms with Crippen molar-refractivity contribution in [2.24, 2.45) is 0 Å². The molecule has 4 rings (SSSR count). The van der Waals surface area contributed by atoms with E-state index in [-0.39, 0.29) is 11.8 Å². The molecule has 0 saturated carbocycles. The Bertz CT molecular complexity index is 1220. The standard InChI is InChI=1S/C20H23N5O4S/c1-25(2)8-4-5-12-9-16-18(21-11-12)23-20(29-16)17-14-10-13(24-30(3,27)28)6-7-15(14)22-19(17)26/h6-7,9-11,17,24H,4-5,8H2,1-3H3,(H,22,26). The molecule has 2 aromatic heterocycles. The summed E-state index contributed by atoms with van der Waals surface area (Å²) in [5, 5.41) is 2.79. The molecule has 30 heavy (non-hydrogen) atoms. The molecular formula is C20H23N5O4S. The highest BCUT2D eigenvalue weighted by Gasteiger charge is 2.36. The molecule has 0 bridgehead atoms. The topological polar surface area (TPSA) is 117 Å². The van der Waals surface area contributed by atoms with Crippen LogP contribution in [0.15, 0.2) is 34.9 Å². The third-order valence-electron chi connectivity index (χ3n) is 4.82. The van der Waals surface area contributed by atoms with Gasteiger partial charge >= 0.3 is 0 Å². The maximum Gasteiger partial charge on any atom is 0.241 e. The minimum atomic E-state index is -3.44. The quantitative estimate of drug-likeness (QED) is 0.591. The number of amides is 1. The van der Waals surface area contributed by atoms with Gasteiger partial charge in [0, 0.05) is 17.6 Å². The summed E-state index contributed by atoms with van der Waals surface area (Å²) in [7, 11) is 0.630. The zero-order chi connectivity index (χ0) is 21.5. The molecular weight excluding hydrogens is 406 g/mol. The zero-order valence-electron chi connectivity index (χ0n) is 17.0. The number of hydrogen-bond acceptors (Lipinski definition) is 7. The smallest absolute Gasteiger partial charge is 0.241 e. The van der Waals surface area contributed by atoms with Gasteiger partial charge in [-0.1, -0.05) is 0 Å². The fourth-order valence-corrected chi connectivity index (χ4v) is 4.08. The van der Waals surface area contributed by atoms with Crippen LogP contribution in [0, 0.1) is 0 Å². The Morgan fingerprint density at radius 1 is 1.27 bits per heavy atom. The van der Waals surface area contributed by atoms with Crippen LogP contribution in [-0.4, -0.2) is 56.1 Å². The molecule has 3 heterocycles. The molecule has 0 aliphatic carbocycles. The van der Waals surface area contributed by atoms with E-state index in [1.807, 2.05) is 20.2 Å². The number of pyridine rings is 1. The first-order chi connectivity index (χ1) is 14.2. The number of carbonyl (C=O) groups is 1. The molecule has 0 spiro atoms. The number of aromatic nitrogens is 2. The molecule has 10 heteroatoms. The highest BCUT2D eigenvalue weighted by Crippen LogP contribution is 2.39. The number of nitrogens with zero attached hydrogens (tertiary/aromatic N) is 3. The largest absolute Gasteiger partial charge is 0.438 e. The average Bonchev–Trinajstić information content (AvgIpc) is 3.18. The van der Waals surface area contributed by atoms with Crippen LogP contribution in [0.25, 0.3) is 11.2 Å². The molecule has 3 aromatic rings. The summed E-state index contributed by atoms with van der Waals surface area (Å²) in [5.41, 5.74) is 3.58. The van der Waals surface area contributed by atoms with Crippen molar-refractivity contribution in [3.63, 3.8) is 0 Å². The Kier molecular flexibility index (Phi) is 5.20. The molecule has 1 aliphatic heterocycles. The minimum Gasteiger partial charge on any atom is -0.438 e. The molecule has 1 aliphatic rings. The Hall–Kier alpha value is -2.98. The molecule has 9 nitrogen and oxygen atoms in total. The summed E-state index contributed by atoms with van der Waals surface area (Å²) in [6.07, 6.45) is 4.71. The van der Waals surface area contributed by atoms with Crippen LogP contribution < -0.4 is 10.0 Å². The van der Waals surface area contributed by atoms with Crippen LogP contribution in [0.1, 0.15) is 29.4 Å². The lowest BCUT2D eigenvalue weighted by atomic mass is 10.0. The van der Waals surface area contributed by atoms with E-state index in [9.17, 15) is 13.2 Å². The van der Waals surface area contributed by atoms with Gasteiger partial charge < -0.3 is 14.6 Å². The molecule has 0 radical (unpaired) electrons. The van der Waals surface area contributed by atoms with E-state index in [0.29, 0.717) is 28.2 Å². The van der Waals surface area contributed by atoms with Crippen LogP contribution in [0.4, 0.5) is 11.4 Å². The summed E-state index contributed by atoms with van der Waals surface area (Å²) in [5.74, 6) is -0.817. The minimum absolute atomic E-state index is 0.232. The van der Waals surface area contributed by atoms with Gasteiger partial charge in [-0.05, 0) is 68.9 Å². The van der Waals surface area contributed by atoms with Crippen molar-refractivity contribution in [1.82, 2.24) is 14.9 Å². The number of oxazole rings is 1. The van der Waals surface area contributed by atoms with Crippen LogP contribution in [0.3, 0.4) is 0 Å². The number of sulfonamides is 1. The van der Waals surface area contributed by atoms with Gasteiger partial charge in [0.05, 0.1) is 6.26 Å². The second-order valence-electron chi connectivity index (χ2n) is 7.72. The number of hydrogen-bond donors (Lipinski definition) is 2. The highest BCUT2D eigenvalue weighted by atomic mass is 32.2. The molecule has 1 aromatic carbocycles. The van der Waals surface area contributed by atoms with Crippen molar-refractivity contribution < 1.29 is 17.6 Å².